The number of hydrogen-bond acceptors (Lipinski definition) is 4. The third-order valence-electron chi connectivity index (χ3n) is 2.75. The fourth-order valence-electron chi connectivity index (χ4n) is 1.81. The first-order valence-electron chi connectivity index (χ1n) is 6.73. The molecular formula is C17H17NO3. The van der Waals surface area contributed by atoms with Gasteiger partial charge in [0.05, 0.1) is 12.3 Å². The van der Waals surface area contributed by atoms with E-state index in [1.54, 1.807) is 12.1 Å². The Labute approximate surface area is 124 Å². The summed E-state index contributed by atoms with van der Waals surface area (Å²) in [4.78, 5) is 16.1. The van der Waals surface area contributed by atoms with Crippen molar-refractivity contribution in [2.24, 2.45) is 0 Å². The minimum absolute atomic E-state index is 0.174. The molecule has 0 spiro atoms. The minimum atomic E-state index is -0.456. The van der Waals surface area contributed by atoms with Crippen LogP contribution in [0.5, 0.6) is 5.75 Å². The standard InChI is InChI=1S/C17H17NO3/c1-3-12-21-17(19)16-7-5-6-15(18-16)13-8-10-14(11-9-13)20-4-2/h3,5-11H,1,4,12H2,2H3. The quantitative estimate of drug-likeness (QED) is 0.601. The molecule has 0 aliphatic carbocycles. The van der Waals surface area contributed by atoms with Crippen LogP contribution in [0.1, 0.15) is 17.4 Å². The van der Waals surface area contributed by atoms with Gasteiger partial charge >= 0.3 is 5.97 Å². The van der Waals surface area contributed by atoms with E-state index in [0.717, 1.165) is 11.3 Å². The van der Waals surface area contributed by atoms with E-state index < -0.39 is 5.97 Å². The first-order chi connectivity index (χ1) is 10.2. The highest BCUT2D eigenvalue weighted by molar-refractivity contribution is 5.88. The van der Waals surface area contributed by atoms with Crippen molar-refractivity contribution in [3.8, 4) is 17.0 Å². The van der Waals surface area contributed by atoms with Crippen LogP contribution >= 0.6 is 0 Å². The van der Waals surface area contributed by atoms with Crippen molar-refractivity contribution in [2.75, 3.05) is 13.2 Å². The van der Waals surface area contributed by atoms with Gasteiger partial charge in [0, 0.05) is 5.56 Å². The lowest BCUT2D eigenvalue weighted by molar-refractivity contribution is 0.0543. The summed E-state index contributed by atoms with van der Waals surface area (Å²) in [7, 11) is 0. The normalized spacial score (nSPS) is 9.95. The fraction of sp³-hybridized carbons (Fsp3) is 0.176. The van der Waals surface area contributed by atoms with Crippen molar-refractivity contribution in [2.45, 2.75) is 6.92 Å². The molecule has 2 aromatic rings. The number of rotatable bonds is 6. The van der Waals surface area contributed by atoms with Crippen LogP contribution in [0.3, 0.4) is 0 Å². The lowest BCUT2D eigenvalue weighted by Gasteiger charge is -2.06. The average Bonchev–Trinajstić information content (AvgIpc) is 2.54. The van der Waals surface area contributed by atoms with Gasteiger partial charge in [-0.15, -0.1) is 0 Å². The van der Waals surface area contributed by atoms with Crippen LogP contribution in [0.4, 0.5) is 0 Å². The monoisotopic (exact) mass is 283 g/mol. The first kappa shape index (κ1) is 14.8. The Morgan fingerprint density at radius 3 is 2.67 bits per heavy atom. The van der Waals surface area contributed by atoms with Gasteiger partial charge in [-0.05, 0) is 43.3 Å². The van der Waals surface area contributed by atoms with Crippen molar-refractivity contribution >= 4 is 5.97 Å². The Balaban J connectivity index is 2.20. The van der Waals surface area contributed by atoms with Gasteiger partial charge in [0.2, 0.25) is 0 Å². The molecule has 0 amide bonds. The summed E-state index contributed by atoms with van der Waals surface area (Å²) in [6.07, 6.45) is 1.52. The van der Waals surface area contributed by atoms with Gasteiger partial charge in [0.25, 0.3) is 0 Å². The summed E-state index contributed by atoms with van der Waals surface area (Å²) in [5.41, 5.74) is 1.91. The molecule has 0 saturated carbocycles. The van der Waals surface area contributed by atoms with Crippen molar-refractivity contribution in [3.05, 3.63) is 60.8 Å². The van der Waals surface area contributed by atoms with Crippen LogP contribution in [0.15, 0.2) is 55.1 Å². The van der Waals surface area contributed by atoms with Gasteiger partial charge in [0.15, 0.2) is 0 Å². The number of nitrogens with zero attached hydrogens (tertiary/aromatic N) is 1. The molecule has 1 heterocycles. The van der Waals surface area contributed by atoms with Gasteiger partial charge in [-0.3, -0.25) is 0 Å². The average molecular weight is 283 g/mol. The Kier molecular flexibility index (Phi) is 5.10. The largest absolute Gasteiger partial charge is 0.494 e. The summed E-state index contributed by atoms with van der Waals surface area (Å²) in [5.74, 6) is 0.352. The molecular weight excluding hydrogens is 266 g/mol. The van der Waals surface area contributed by atoms with E-state index in [-0.39, 0.29) is 12.3 Å². The second kappa shape index (κ2) is 7.24. The van der Waals surface area contributed by atoms with Crippen LogP contribution in [0, 0.1) is 0 Å². The number of benzene rings is 1. The summed E-state index contributed by atoms with van der Waals surface area (Å²) in [6, 6.07) is 12.8. The number of esters is 1. The molecule has 1 aromatic carbocycles. The number of ether oxygens (including phenoxy) is 2. The first-order valence-corrected chi connectivity index (χ1v) is 6.73. The van der Waals surface area contributed by atoms with E-state index in [0.29, 0.717) is 12.3 Å². The number of aromatic nitrogens is 1. The Bertz CT molecular complexity index is 620. The molecule has 1 aromatic heterocycles. The van der Waals surface area contributed by atoms with E-state index in [1.165, 1.54) is 6.08 Å². The highest BCUT2D eigenvalue weighted by Crippen LogP contribution is 2.21. The molecule has 0 fully saturated rings. The predicted molar refractivity (Wildman–Crippen MR) is 81.3 cm³/mol. The molecule has 2 rings (SSSR count). The third kappa shape index (κ3) is 3.92. The smallest absolute Gasteiger partial charge is 0.357 e. The van der Waals surface area contributed by atoms with Gasteiger partial charge in [0.1, 0.15) is 18.1 Å². The molecule has 0 unspecified atom stereocenters. The third-order valence-corrected chi connectivity index (χ3v) is 2.75. The van der Waals surface area contributed by atoms with Crippen molar-refractivity contribution in [1.82, 2.24) is 4.98 Å². The van der Waals surface area contributed by atoms with Crippen LogP contribution in [-0.4, -0.2) is 24.2 Å². The predicted octanol–water partition coefficient (Wildman–Crippen LogP) is 3.49. The van der Waals surface area contributed by atoms with Gasteiger partial charge in [-0.2, -0.15) is 0 Å². The molecule has 4 nitrogen and oxygen atoms in total. The molecule has 0 radical (unpaired) electrons. The second-order valence-corrected chi connectivity index (χ2v) is 4.25. The maximum absolute atomic E-state index is 11.8. The van der Waals surface area contributed by atoms with Gasteiger partial charge in [-0.1, -0.05) is 18.7 Å². The van der Waals surface area contributed by atoms with E-state index in [2.05, 4.69) is 11.6 Å². The van der Waals surface area contributed by atoms with Gasteiger partial charge in [-0.25, -0.2) is 9.78 Å². The van der Waals surface area contributed by atoms with E-state index in [1.807, 2.05) is 37.3 Å². The lowest BCUT2D eigenvalue weighted by atomic mass is 10.1. The highest BCUT2D eigenvalue weighted by Gasteiger charge is 2.09. The zero-order valence-electron chi connectivity index (χ0n) is 11.9. The zero-order valence-corrected chi connectivity index (χ0v) is 11.9. The highest BCUT2D eigenvalue weighted by atomic mass is 16.5. The fourth-order valence-corrected chi connectivity index (χ4v) is 1.81. The van der Waals surface area contributed by atoms with Crippen LogP contribution in [-0.2, 0) is 4.74 Å². The Hall–Kier alpha value is -2.62. The van der Waals surface area contributed by atoms with Crippen LogP contribution in [0.25, 0.3) is 11.3 Å². The molecule has 0 bridgehead atoms. The summed E-state index contributed by atoms with van der Waals surface area (Å²) < 4.78 is 10.4. The molecule has 4 heteroatoms. The van der Waals surface area contributed by atoms with E-state index in [4.69, 9.17) is 9.47 Å². The van der Waals surface area contributed by atoms with Crippen LogP contribution in [0.2, 0.25) is 0 Å². The van der Waals surface area contributed by atoms with E-state index >= 15 is 0 Å². The molecule has 0 aliphatic rings. The Morgan fingerprint density at radius 1 is 1.24 bits per heavy atom. The maximum Gasteiger partial charge on any atom is 0.357 e. The van der Waals surface area contributed by atoms with Crippen molar-refractivity contribution < 1.29 is 14.3 Å². The molecule has 0 atom stereocenters. The van der Waals surface area contributed by atoms with Gasteiger partial charge < -0.3 is 9.47 Å². The topological polar surface area (TPSA) is 48.4 Å². The Morgan fingerprint density at radius 2 is 2.00 bits per heavy atom. The van der Waals surface area contributed by atoms with E-state index in [9.17, 15) is 4.79 Å². The van der Waals surface area contributed by atoms with Crippen molar-refractivity contribution in [3.63, 3.8) is 0 Å². The number of carbonyl (C=O) groups is 1. The minimum Gasteiger partial charge on any atom is -0.494 e. The second-order valence-electron chi connectivity index (χ2n) is 4.25. The molecule has 0 aliphatic heterocycles. The van der Waals surface area contributed by atoms with Crippen molar-refractivity contribution in [1.29, 1.82) is 0 Å². The zero-order chi connectivity index (χ0) is 15.1. The summed E-state index contributed by atoms with van der Waals surface area (Å²) in [6.45, 7) is 6.25. The van der Waals surface area contributed by atoms with Crippen LogP contribution < -0.4 is 4.74 Å². The molecule has 0 saturated heterocycles. The molecule has 21 heavy (non-hydrogen) atoms. The lowest BCUT2D eigenvalue weighted by Crippen LogP contribution is -2.07. The molecule has 0 N–H and O–H groups in total. The number of hydrogen-bond donors (Lipinski definition) is 0. The SMILES string of the molecule is C=CCOC(=O)c1cccc(-c2ccc(OCC)cc2)n1. The number of pyridine rings is 1. The summed E-state index contributed by atoms with van der Waals surface area (Å²) in [5, 5.41) is 0. The maximum atomic E-state index is 11.8. The molecule has 108 valence electrons. The number of carbonyl (C=O) groups excluding carboxylic acids is 1. The summed E-state index contributed by atoms with van der Waals surface area (Å²) >= 11 is 0.